The van der Waals surface area contributed by atoms with Gasteiger partial charge in [0.05, 0.1) is 10.5 Å². The van der Waals surface area contributed by atoms with Crippen molar-refractivity contribution >= 4 is 45.0 Å². The minimum absolute atomic E-state index is 0.00290. The molecule has 0 aliphatic carbocycles. The molecule has 1 saturated heterocycles. The lowest BCUT2D eigenvalue weighted by atomic mass is 10.0. The third-order valence-electron chi connectivity index (χ3n) is 4.43. The molecule has 6 N–H and O–H groups in total. The Bertz CT molecular complexity index is 796. The van der Waals surface area contributed by atoms with E-state index in [1.165, 1.54) is 0 Å². The minimum atomic E-state index is -0.123. The highest BCUT2D eigenvalue weighted by atomic mass is 79.9. The van der Waals surface area contributed by atoms with E-state index in [0.29, 0.717) is 18.3 Å². The van der Waals surface area contributed by atoms with Gasteiger partial charge in [-0.15, -0.1) is 0 Å². The summed E-state index contributed by atoms with van der Waals surface area (Å²) in [6.45, 7) is 2.25. The van der Waals surface area contributed by atoms with E-state index in [2.05, 4.69) is 47.2 Å². The Morgan fingerprint density at radius 2 is 2.18 bits per heavy atom. The number of nitrogens with zero attached hydrogens (tertiary/aromatic N) is 2. The Morgan fingerprint density at radius 3 is 2.96 bits per heavy atom. The van der Waals surface area contributed by atoms with Gasteiger partial charge >= 0.3 is 0 Å². The van der Waals surface area contributed by atoms with Crippen LogP contribution in [-0.4, -0.2) is 41.6 Å². The maximum Gasteiger partial charge on any atom is 0.241 e. The van der Waals surface area contributed by atoms with E-state index in [-0.39, 0.29) is 11.9 Å². The molecule has 1 fully saturated rings. The van der Waals surface area contributed by atoms with Crippen molar-refractivity contribution in [1.82, 2.24) is 15.3 Å². The molecule has 1 unspecified atom stereocenters. The molecule has 2 aromatic rings. The average Bonchev–Trinajstić information content (AvgIpc) is 2.71. The zero-order chi connectivity index (χ0) is 19.8. The number of nitrogens with one attached hydrogen (secondary N) is 4. The number of carbonyl (C=O) groups excluding carboxylic acids is 1. The topological polar surface area (TPSA) is 117 Å². The van der Waals surface area contributed by atoms with Crippen LogP contribution >= 0.6 is 15.9 Å². The zero-order valence-electron chi connectivity index (χ0n) is 15.7. The first kappa shape index (κ1) is 20.5. The highest BCUT2D eigenvalue weighted by Crippen LogP contribution is 2.23. The van der Waals surface area contributed by atoms with Crippen LogP contribution < -0.4 is 27.0 Å². The number of halogens is 1. The van der Waals surface area contributed by atoms with E-state index < -0.39 is 0 Å². The molecule has 150 valence electrons. The van der Waals surface area contributed by atoms with Gasteiger partial charge in [-0.25, -0.2) is 4.98 Å². The lowest BCUT2D eigenvalue weighted by molar-refractivity contribution is -0.118. The predicted molar refractivity (Wildman–Crippen MR) is 116 cm³/mol. The average molecular weight is 448 g/mol. The molecule has 28 heavy (non-hydrogen) atoms. The van der Waals surface area contributed by atoms with Crippen LogP contribution in [0.2, 0.25) is 0 Å². The van der Waals surface area contributed by atoms with Crippen LogP contribution in [0.15, 0.2) is 34.9 Å². The van der Waals surface area contributed by atoms with Crippen molar-refractivity contribution in [3.05, 3.63) is 34.9 Å². The Balaban J connectivity index is 1.64. The maximum absolute atomic E-state index is 12.4. The van der Waals surface area contributed by atoms with Crippen molar-refractivity contribution in [2.24, 2.45) is 5.73 Å². The zero-order valence-corrected chi connectivity index (χ0v) is 17.3. The number of benzene rings is 1. The van der Waals surface area contributed by atoms with E-state index >= 15 is 0 Å². The third kappa shape index (κ3) is 5.88. The normalized spacial score (nSPS) is 16.4. The summed E-state index contributed by atoms with van der Waals surface area (Å²) in [7, 11) is 0. The number of aromatic nitrogens is 2. The lowest BCUT2D eigenvalue weighted by Crippen LogP contribution is -2.43. The molecule has 9 heteroatoms. The van der Waals surface area contributed by atoms with Gasteiger partial charge in [-0.05, 0) is 66.5 Å². The molecule has 0 saturated carbocycles. The van der Waals surface area contributed by atoms with Gasteiger partial charge in [-0.3, -0.25) is 4.79 Å². The molecule has 3 rings (SSSR count). The van der Waals surface area contributed by atoms with Crippen LogP contribution in [0, 0.1) is 0 Å². The largest absolute Gasteiger partial charge is 0.369 e. The van der Waals surface area contributed by atoms with Gasteiger partial charge in [0.1, 0.15) is 5.82 Å². The third-order valence-corrected chi connectivity index (χ3v) is 5.01. The number of anilines is 4. The SMILES string of the molecule is NCCCNc1nc(Nc2cccc(NC(=O)C3CCCCN3)c2)ncc1Br. The van der Waals surface area contributed by atoms with Crippen molar-refractivity contribution in [2.75, 3.05) is 35.6 Å². The molecule has 1 amide bonds. The first-order valence-electron chi connectivity index (χ1n) is 9.53. The summed E-state index contributed by atoms with van der Waals surface area (Å²) in [5, 5.41) is 12.7. The van der Waals surface area contributed by atoms with Gasteiger partial charge in [0.15, 0.2) is 0 Å². The molecule has 1 aliphatic heterocycles. The Labute approximate surface area is 173 Å². The molecule has 1 aromatic heterocycles. The second kappa shape index (κ2) is 10.4. The highest BCUT2D eigenvalue weighted by Gasteiger charge is 2.20. The van der Waals surface area contributed by atoms with Crippen LogP contribution in [0.3, 0.4) is 0 Å². The molecule has 0 radical (unpaired) electrons. The fourth-order valence-electron chi connectivity index (χ4n) is 2.97. The summed E-state index contributed by atoms with van der Waals surface area (Å²) in [5.74, 6) is 1.18. The number of nitrogens with two attached hydrogens (primary N) is 1. The first-order chi connectivity index (χ1) is 13.7. The highest BCUT2D eigenvalue weighted by molar-refractivity contribution is 9.10. The van der Waals surface area contributed by atoms with Gasteiger partial charge in [0.25, 0.3) is 0 Å². The molecule has 0 bridgehead atoms. The fraction of sp³-hybridized carbons (Fsp3) is 0.421. The second-order valence-electron chi connectivity index (χ2n) is 6.66. The van der Waals surface area contributed by atoms with Crippen LogP contribution in [0.1, 0.15) is 25.7 Å². The minimum Gasteiger partial charge on any atom is -0.369 e. The van der Waals surface area contributed by atoms with Crippen LogP contribution in [-0.2, 0) is 4.79 Å². The number of piperidine rings is 1. The Kier molecular flexibility index (Phi) is 7.58. The molecular formula is C19H26BrN7O. The van der Waals surface area contributed by atoms with Crippen LogP contribution in [0.25, 0.3) is 0 Å². The summed E-state index contributed by atoms with van der Waals surface area (Å²) in [5.41, 5.74) is 7.06. The second-order valence-corrected chi connectivity index (χ2v) is 7.51. The van der Waals surface area contributed by atoms with Gasteiger partial charge in [-0.1, -0.05) is 12.5 Å². The lowest BCUT2D eigenvalue weighted by Gasteiger charge is -2.22. The molecule has 1 atom stereocenters. The van der Waals surface area contributed by atoms with E-state index in [1.807, 2.05) is 24.3 Å². The molecule has 0 spiro atoms. The van der Waals surface area contributed by atoms with Crippen molar-refractivity contribution in [3.63, 3.8) is 0 Å². The number of carbonyl (C=O) groups is 1. The standard InChI is InChI=1S/C19H26BrN7O/c20-15-12-24-19(27-17(15)23-10-4-8-21)26-14-6-3-5-13(11-14)25-18(28)16-7-1-2-9-22-16/h3,5-6,11-12,16,22H,1-2,4,7-10,21H2,(H,25,28)(H2,23,24,26,27). The van der Waals surface area contributed by atoms with Crippen molar-refractivity contribution in [3.8, 4) is 0 Å². The Hall–Kier alpha value is -2.23. The summed E-state index contributed by atoms with van der Waals surface area (Å²) in [6.07, 6.45) is 5.63. The van der Waals surface area contributed by atoms with Gasteiger partial charge in [0, 0.05) is 24.1 Å². The van der Waals surface area contributed by atoms with Gasteiger partial charge in [0.2, 0.25) is 11.9 Å². The Morgan fingerprint density at radius 1 is 1.32 bits per heavy atom. The predicted octanol–water partition coefficient (Wildman–Crippen LogP) is 2.82. The smallest absolute Gasteiger partial charge is 0.241 e. The van der Waals surface area contributed by atoms with E-state index in [4.69, 9.17) is 5.73 Å². The molecule has 8 nitrogen and oxygen atoms in total. The quantitative estimate of drug-likeness (QED) is 0.394. The summed E-state index contributed by atoms with van der Waals surface area (Å²) in [6, 6.07) is 7.40. The monoisotopic (exact) mass is 447 g/mol. The van der Waals surface area contributed by atoms with Crippen molar-refractivity contribution in [2.45, 2.75) is 31.7 Å². The van der Waals surface area contributed by atoms with Gasteiger partial charge in [-0.2, -0.15) is 4.98 Å². The number of rotatable bonds is 8. The van der Waals surface area contributed by atoms with Gasteiger partial charge < -0.3 is 27.0 Å². The molecular weight excluding hydrogens is 422 g/mol. The summed E-state index contributed by atoms with van der Waals surface area (Å²) < 4.78 is 0.788. The van der Waals surface area contributed by atoms with Crippen LogP contribution in [0.5, 0.6) is 0 Å². The van der Waals surface area contributed by atoms with E-state index in [9.17, 15) is 4.79 Å². The molecule has 1 aromatic carbocycles. The number of amides is 1. The van der Waals surface area contributed by atoms with E-state index in [1.54, 1.807) is 6.20 Å². The number of hydrogen-bond acceptors (Lipinski definition) is 7. The summed E-state index contributed by atoms with van der Waals surface area (Å²) >= 11 is 3.44. The van der Waals surface area contributed by atoms with Crippen molar-refractivity contribution < 1.29 is 4.79 Å². The van der Waals surface area contributed by atoms with E-state index in [0.717, 1.165) is 54.6 Å². The summed E-state index contributed by atoms with van der Waals surface area (Å²) in [4.78, 5) is 21.2. The maximum atomic E-state index is 12.4. The van der Waals surface area contributed by atoms with Crippen LogP contribution in [0.4, 0.5) is 23.1 Å². The molecule has 2 heterocycles. The fourth-order valence-corrected chi connectivity index (χ4v) is 3.30. The van der Waals surface area contributed by atoms with Crippen molar-refractivity contribution in [1.29, 1.82) is 0 Å². The first-order valence-corrected chi connectivity index (χ1v) is 10.3. The molecule has 1 aliphatic rings. The number of hydrogen-bond donors (Lipinski definition) is 5.